The molecule has 1 amide bonds. The Labute approximate surface area is 144 Å². The minimum Gasteiger partial charge on any atom is -0.497 e. The van der Waals surface area contributed by atoms with E-state index in [2.05, 4.69) is 0 Å². The predicted molar refractivity (Wildman–Crippen MR) is 89.7 cm³/mol. The lowest BCUT2D eigenvalue weighted by atomic mass is 10.1. The first-order valence-corrected chi connectivity index (χ1v) is 7.57. The van der Waals surface area contributed by atoms with E-state index in [9.17, 15) is 14.7 Å². The number of nitrogens with zero attached hydrogens (tertiary/aromatic N) is 1. The van der Waals surface area contributed by atoms with Gasteiger partial charge >= 0.3 is 5.97 Å². The second-order valence-corrected chi connectivity index (χ2v) is 5.39. The van der Waals surface area contributed by atoms with Crippen molar-refractivity contribution in [2.24, 2.45) is 0 Å². The molecule has 7 nitrogen and oxygen atoms in total. The summed E-state index contributed by atoms with van der Waals surface area (Å²) in [5.41, 5.74) is 0.826. The van der Waals surface area contributed by atoms with Crippen LogP contribution < -0.4 is 19.1 Å². The van der Waals surface area contributed by atoms with Crippen LogP contribution in [-0.4, -0.2) is 43.9 Å². The van der Waals surface area contributed by atoms with Crippen LogP contribution in [0.3, 0.4) is 0 Å². The van der Waals surface area contributed by atoms with Gasteiger partial charge in [-0.1, -0.05) is 12.1 Å². The molecule has 0 spiro atoms. The van der Waals surface area contributed by atoms with Crippen LogP contribution >= 0.6 is 0 Å². The smallest absolute Gasteiger partial charge is 0.346 e. The van der Waals surface area contributed by atoms with E-state index in [0.29, 0.717) is 28.5 Å². The number of amides is 1. The Kier molecular flexibility index (Phi) is 4.47. The van der Waals surface area contributed by atoms with Crippen LogP contribution in [-0.2, 0) is 4.79 Å². The highest BCUT2D eigenvalue weighted by Crippen LogP contribution is 2.35. The molecule has 2 aromatic carbocycles. The van der Waals surface area contributed by atoms with Crippen molar-refractivity contribution in [3.63, 3.8) is 0 Å². The standard InChI is InChI=1S/C18H17NO6/c1-23-11-7-8-12(15(9-11)24-2)17(20)19-10-16(18(21)22)25-14-6-4-3-5-13(14)19/h3-9,16H,10H2,1-2H3,(H,21,22)/t16-/m1/s1. The number of ether oxygens (including phenoxy) is 3. The minimum atomic E-state index is -1.14. The van der Waals surface area contributed by atoms with E-state index >= 15 is 0 Å². The summed E-state index contributed by atoms with van der Waals surface area (Å²) in [4.78, 5) is 25.8. The molecule has 1 aliphatic heterocycles. The molecular formula is C18H17NO6. The number of carbonyl (C=O) groups excluding carboxylic acids is 1. The normalized spacial score (nSPS) is 15.8. The summed E-state index contributed by atoms with van der Waals surface area (Å²) in [5, 5.41) is 9.30. The number of para-hydroxylation sites is 2. The van der Waals surface area contributed by atoms with Crippen LogP contribution in [0.2, 0.25) is 0 Å². The Morgan fingerprint density at radius 3 is 2.60 bits per heavy atom. The largest absolute Gasteiger partial charge is 0.497 e. The summed E-state index contributed by atoms with van der Waals surface area (Å²) in [6, 6.07) is 11.7. The Balaban J connectivity index is 2.03. The molecule has 0 radical (unpaired) electrons. The van der Waals surface area contributed by atoms with Crippen molar-refractivity contribution in [1.29, 1.82) is 0 Å². The maximum absolute atomic E-state index is 13.1. The van der Waals surface area contributed by atoms with Crippen LogP contribution in [0.4, 0.5) is 5.69 Å². The van der Waals surface area contributed by atoms with Crippen molar-refractivity contribution in [3.8, 4) is 17.2 Å². The zero-order chi connectivity index (χ0) is 18.0. The number of rotatable bonds is 4. The van der Waals surface area contributed by atoms with E-state index in [-0.39, 0.29) is 12.5 Å². The monoisotopic (exact) mass is 343 g/mol. The molecule has 130 valence electrons. The van der Waals surface area contributed by atoms with Gasteiger partial charge in [0.25, 0.3) is 5.91 Å². The number of carboxylic acid groups (broad SMARTS) is 1. The van der Waals surface area contributed by atoms with E-state index < -0.39 is 12.1 Å². The van der Waals surface area contributed by atoms with Gasteiger partial charge in [-0.3, -0.25) is 4.79 Å². The van der Waals surface area contributed by atoms with Crippen molar-refractivity contribution >= 4 is 17.6 Å². The summed E-state index contributed by atoms with van der Waals surface area (Å²) >= 11 is 0. The second-order valence-electron chi connectivity index (χ2n) is 5.39. The lowest BCUT2D eigenvalue weighted by Gasteiger charge is -2.33. The number of anilines is 1. The molecule has 0 bridgehead atoms. The highest BCUT2D eigenvalue weighted by molar-refractivity contribution is 6.09. The molecule has 0 fully saturated rings. The summed E-state index contributed by atoms with van der Waals surface area (Å²) in [6.45, 7) is -0.0969. The van der Waals surface area contributed by atoms with E-state index in [0.717, 1.165) is 0 Å². The average molecular weight is 343 g/mol. The van der Waals surface area contributed by atoms with E-state index in [1.54, 1.807) is 42.5 Å². The molecule has 1 atom stereocenters. The highest BCUT2D eigenvalue weighted by Gasteiger charge is 2.34. The molecule has 0 saturated carbocycles. The van der Waals surface area contributed by atoms with Crippen molar-refractivity contribution in [1.82, 2.24) is 0 Å². The maximum atomic E-state index is 13.1. The molecule has 25 heavy (non-hydrogen) atoms. The zero-order valence-electron chi connectivity index (χ0n) is 13.8. The number of methoxy groups -OCH3 is 2. The van der Waals surface area contributed by atoms with Crippen LogP contribution in [0.15, 0.2) is 42.5 Å². The molecule has 1 aliphatic rings. The first-order chi connectivity index (χ1) is 12.0. The number of carboxylic acids is 1. The van der Waals surface area contributed by atoms with Gasteiger partial charge in [0.15, 0.2) is 0 Å². The Bertz CT molecular complexity index is 819. The Morgan fingerprint density at radius 1 is 1.16 bits per heavy atom. The molecule has 0 aromatic heterocycles. The maximum Gasteiger partial charge on any atom is 0.346 e. The lowest BCUT2D eigenvalue weighted by Crippen LogP contribution is -2.47. The number of carbonyl (C=O) groups is 2. The summed E-state index contributed by atoms with van der Waals surface area (Å²) in [6.07, 6.45) is -1.14. The lowest BCUT2D eigenvalue weighted by molar-refractivity contribution is -0.144. The molecule has 7 heteroatoms. The van der Waals surface area contributed by atoms with Crippen molar-refractivity contribution in [2.45, 2.75) is 6.10 Å². The fourth-order valence-corrected chi connectivity index (χ4v) is 2.68. The Morgan fingerprint density at radius 2 is 1.92 bits per heavy atom. The van der Waals surface area contributed by atoms with Crippen LogP contribution in [0.5, 0.6) is 17.2 Å². The van der Waals surface area contributed by atoms with Gasteiger partial charge < -0.3 is 24.2 Å². The molecule has 2 aromatic rings. The predicted octanol–water partition coefficient (Wildman–Crippen LogP) is 2.20. The topological polar surface area (TPSA) is 85.3 Å². The first-order valence-electron chi connectivity index (χ1n) is 7.57. The molecule has 0 aliphatic carbocycles. The molecular weight excluding hydrogens is 326 g/mol. The first kappa shape index (κ1) is 16.6. The molecule has 0 unspecified atom stereocenters. The third-order valence-corrected chi connectivity index (χ3v) is 3.93. The SMILES string of the molecule is COc1ccc(C(=O)N2C[C@H](C(=O)O)Oc3ccccc32)c(OC)c1. The van der Waals surface area contributed by atoms with Crippen LogP contribution in [0.25, 0.3) is 0 Å². The van der Waals surface area contributed by atoms with Gasteiger partial charge in [-0.05, 0) is 24.3 Å². The van der Waals surface area contributed by atoms with Crippen molar-refractivity contribution in [2.75, 3.05) is 25.7 Å². The molecule has 3 rings (SSSR count). The van der Waals surface area contributed by atoms with Gasteiger partial charge in [0.05, 0.1) is 32.0 Å². The quantitative estimate of drug-likeness (QED) is 0.916. The summed E-state index contributed by atoms with van der Waals surface area (Å²) in [7, 11) is 2.98. The summed E-state index contributed by atoms with van der Waals surface area (Å²) < 4.78 is 15.9. The summed E-state index contributed by atoms with van der Waals surface area (Å²) in [5.74, 6) is -0.253. The number of fused-ring (bicyclic) bond motifs is 1. The van der Waals surface area contributed by atoms with E-state index in [1.807, 2.05) is 0 Å². The number of benzene rings is 2. The van der Waals surface area contributed by atoms with Gasteiger partial charge in [-0.2, -0.15) is 0 Å². The molecule has 0 saturated heterocycles. The van der Waals surface area contributed by atoms with Crippen LogP contribution in [0, 0.1) is 0 Å². The third kappa shape index (κ3) is 3.08. The van der Waals surface area contributed by atoms with E-state index in [4.69, 9.17) is 14.2 Å². The molecule has 1 heterocycles. The van der Waals surface area contributed by atoms with Gasteiger partial charge in [0.2, 0.25) is 6.10 Å². The third-order valence-electron chi connectivity index (χ3n) is 3.93. The Hall–Kier alpha value is -3.22. The van der Waals surface area contributed by atoms with Crippen molar-refractivity contribution < 1.29 is 28.9 Å². The minimum absolute atomic E-state index is 0.0969. The molecule has 1 N–H and O–H groups in total. The van der Waals surface area contributed by atoms with Gasteiger partial charge in [-0.25, -0.2) is 4.79 Å². The van der Waals surface area contributed by atoms with Crippen LogP contribution in [0.1, 0.15) is 10.4 Å². The van der Waals surface area contributed by atoms with E-state index in [1.165, 1.54) is 19.1 Å². The number of hydrogen-bond acceptors (Lipinski definition) is 5. The van der Waals surface area contributed by atoms with Gasteiger partial charge in [0, 0.05) is 6.07 Å². The number of aliphatic carboxylic acids is 1. The number of hydrogen-bond donors (Lipinski definition) is 1. The fourth-order valence-electron chi connectivity index (χ4n) is 2.68. The second kappa shape index (κ2) is 6.72. The average Bonchev–Trinajstić information content (AvgIpc) is 2.65. The highest BCUT2D eigenvalue weighted by atomic mass is 16.5. The zero-order valence-corrected chi connectivity index (χ0v) is 13.8. The van der Waals surface area contributed by atoms with Gasteiger partial charge in [-0.15, -0.1) is 0 Å². The van der Waals surface area contributed by atoms with Crippen molar-refractivity contribution in [3.05, 3.63) is 48.0 Å². The van der Waals surface area contributed by atoms with Gasteiger partial charge in [0.1, 0.15) is 17.2 Å². The fraction of sp³-hybridized carbons (Fsp3) is 0.222.